The van der Waals surface area contributed by atoms with E-state index in [1.54, 1.807) is 12.1 Å². The summed E-state index contributed by atoms with van der Waals surface area (Å²) < 4.78 is 18.8. The number of carbonyl (C=O) groups is 1. The van der Waals surface area contributed by atoms with E-state index in [1.807, 2.05) is 17.3 Å². The van der Waals surface area contributed by atoms with Crippen molar-refractivity contribution < 1.29 is 13.9 Å². The van der Waals surface area contributed by atoms with Gasteiger partial charge in [-0.15, -0.1) is 0 Å². The molecule has 2 saturated heterocycles. The lowest BCUT2D eigenvalue weighted by Gasteiger charge is -2.32. The van der Waals surface area contributed by atoms with Crippen molar-refractivity contribution >= 4 is 5.91 Å². The van der Waals surface area contributed by atoms with E-state index < -0.39 is 0 Å². The lowest BCUT2D eigenvalue weighted by molar-refractivity contribution is -0.132. The third-order valence-electron chi connectivity index (χ3n) is 5.79. The number of aromatic nitrogens is 1. The molecule has 0 spiro atoms. The molecule has 2 aliphatic rings. The highest BCUT2D eigenvalue weighted by Crippen LogP contribution is 2.31. The number of amides is 1. The number of likely N-dealkylation sites (tertiary alicyclic amines) is 1. The molecule has 154 valence electrons. The maximum absolute atomic E-state index is 13.2. The number of benzene rings is 1. The van der Waals surface area contributed by atoms with Gasteiger partial charge in [-0.1, -0.05) is 6.07 Å². The van der Waals surface area contributed by atoms with Gasteiger partial charge in [0.1, 0.15) is 11.6 Å². The molecular formula is C22H27FN4O2. The predicted molar refractivity (Wildman–Crippen MR) is 108 cm³/mol. The number of hydrazine groups is 1. The van der Waals surface area contributed by atoms with Crippen molar-refractivity contribution in [1.82, 2.24) is 20.7 Å². The van der Waals surface area contributed by atoms with Crippen LogP contribution in [-0.4, -0.2) is 47.6 Å². The van der Waals surface area contributed by atoms with Crippen molar-refractivity contribution in [3.05, 3.63) is 60.2 Å². The van der Waals surface area contributed by atoms with Crippen molar-refractivity contribution in [2.75, 3.05) is 19.7 Å². The minimum absolute atomic E-state index is 0.164. The number of hydrogen-bond acceptors (Lipinski definition) is 5. The SMILES string of the molecule is O=C(CCCOc1cccc(F)c1)N1CCCC1C1NNCC1c1ccncc1. The molecule has 2 aromatic rings. The summed E-state index contributed by atoms with van der Waals surface area (Å²) in [5, 5.41) is 0. The number of rotatable bonds is 7. The van der Waals surface area contributed by atoms with E-state index in [0.717, 1.165) is 25.9 Å². The van der Waals surface area contributed by atoms with E-state index in [2.05, 4.69) is 28.0 Å². The lowest BCUT2D eigenvalue weighted by Crippen LogP contribution is -2.49. The van der Waals surface area contributed by atoms with E-state index in [9.17, 15) is 9.18 Å². The topological polar surface area (TPSA) is 66.5 Å². The van der Waals surface area contributed by atoms with Crippen molar-refractivity contribution in [2.24, 2.45) is 0 Å². The first-order valence-corrected chi connectivity index (χ1v) is 10.3. The minimum Gasteiger partial charge on any atom is -0.493 e. The Hall–Kier alpha value is -2.51. The fourth-order valence-electron chi connectivity index (χ4n) is 4.40. The molecule has 29 heavy (non-hydrogen) atoms. The van der Waals surface area contributed by atoms with Crippen LogP contribution in [-0.2, 0) is 4.79 Å². The van der Waals surface area contributed by atoms with Crippen LogP contribution in [0.4, 0.5) is 4.39 Å². The molecule has 6 nitrogen and oxygen atoms in total. The van der Waals surface area contributed by atoms with Crippen LogP contribution in [0.2, 0.25) is 0 Å². The molecule has 4 rings (SSSR count). The Morgan fingerprint density at radius 1 is 1.28 bits per heavy atom. The van der Waals surface area contributed by atoms with Crippen LogP contribution in [0.5, 0.6) is 5.75 Å². The lowest BCUT2D eigenvalue weighted by atomic mass is 9.88. The summed E-state index contributed by atoms with van der Waals surface area (Å²) in [7, 11) is 0. The van der Waals surface area contributed by atoms with Gasteiger partial charge in [0, 0.05) is 56.0 Å². The number of nitrogens with one attached hydrogen (secondary N) is 2. The maximum atomic E-state index is 13.2. The fraction of sp³-hybridized carbons (Fsp3) is 0.455. The molecule has 2 fully saturated rings. The van der Waals surface area contributed by atoms with Crippen LogP contribution in [0.1, 0.15) is 37.2 Å². The first-order chi connectivity index (χ1) is 14.2. The Kier molecular flexibility index (Phi) is 6.36. The Balaban J connectivity index is 1.31. The monoisotopic (exact) mass is 398 g/mol. The zero-order valence-corrected chi connectivity index (χ0v) is 16.4. The van der Waals surface area contributed by atoms with Crippen LogP contribution in [0.15, 0.2) is 48.8 Å². The van der Waals surface area contributed by atoms with Crippen molar-refractivity contribution in [2.45, 2.75) is 43.7 Å². The number of hydrogen-bond donors (Lipinski definition) is 2. The largest absolute Gasteiger partial charge is 0.493 e. The van der Waals surface area contributed by atoms with Gasteiger partial charge in [-0.3, -0.25) is 20.6 Å². The van der Waals surface area contributed by atoms with Gasteiger partial charge in [0.15, 0.2) is 0 Å². The molecule has 3 heterocycles. The highest BCUT2D eigenvalue weighted by Gasteiger charge is 2.41. The second-order valence-corrected chi connectivity index (χ2v) is 7.64. The van der Waals surface area contributed by atoms with Gasteiger partial charge in [0.05, 0.1) is 6.61 Å². The average molecular weight is 398 g/mol. The van der Waals surface area contributed by atoms with Crippen LogP contribution in [0, 0.1) is 5.82 Å². The fourth-order valence-corrected chi connectivity index (χ4v) is 4.40. The first-order valence-electron chi connectivity index (χ1n) is 10.3. The number of halogens is 1. The summed E-state index contributed by atoms with van der Waals surface area (Å²) in [6.45, 7) is 2.04. The Morgan fingerprint density at radius 3 is 2.97 bits per heavy atom. The van der Waals surface area contributed by atoms with Crippen LogP contribution < -0.4 is 15.6 Å². The molecule has 0 radical (unpaired) electrons. The standard InChI is InChI=1S/C22H27FN4O2/c23-17-4-1-5-18(14-17)29-13-3-7-21(28)27-12-2-6-20(27)22-19(15-25-26-22)16-8-10-24-11-9-16/h1,4-5,8-11,14,19-20,22,25-26H,2-3,6-7,12-13,15H2. The van der Waals surface area contributed by atoms with E-state index in [1.165, 1.54) is 17.7 Å². The summed E-state index contributed by atoms with van der Waals surface area (Å²) in [6.07, 6.45) is 6.72. The zero-order chi connectivity index (χ0) is 20.1. The van der Waals surface area contributed by atoms with Gasteiger partial charge < -0.3 is 9.64 Å². The van der Waals surface area contributed by atoms with Gasteiger partial charge in [-0.05, 0) is 49.1 Å². The Labute approximate surface area is 170 Å². The van der Waals surface area contributed by atoms with Crippen LogP contribution in [0.3, 0.4) is 0 Å². The summed E-state index contributed by atoms with van der Waals surface area (Å²) in [4.78, 5) is 19.0. The van der Waals surface area contributed by atoms with Crippen molar-refractivity contribution in [1.29, 1.82) is 0 Å². The van der Waals surface area contributed by atoms with E-state index in [4.69, 9.17) is 4.74 Å². The van der Waals surface area contributed by atoms with E-state index in [0.29, 0.717) is 31.1 Å². The first kappa shape index (κ1) is 19.8. The van der Waals surface area contributed by atoms with Gasteiger partial charge in [-0.25, -0.2) is 4.39 Å². The molecule has 2 aliphatic heterocycles. The second-order valence-electron chi connectivity index (χ2n) is 7.64. The van der Waals surface area contributed by atoms with Gasteiger partial charge in [-0.2, -0.15) is 0 Å². The Morgan fingerprint density at radius 2 is 2.14 bits per heavy atom. The number of carbonyl (C=O) groups excluding carboxylic acids is 1. The summed E-state index contributed by atoms with van der Waals surface area (Å²) in [5.74, 6) is 0.656. The molecule has 0 saturated carbocycles. The zero-order valence-electron chi connectivity index (χ0n) is 16.4. The molecule has 1 amide bonds. The third kappa shape index (κ3) is 4.74. The van der Waals surface area contributed by atoms with E-state index >= 15 is 0 Å². The molecular weight excluding hydrogens is 371 g/mol. The quantitative estimate of drug-likeness (QED) is 0.702. The average Bonchev–Trinajstić information content (AvgIpc) is 3.41. The van der Waals surface area contributed by atoms with Crippen molar-refractivity contribution in [3.8, 4) is 5.75 Å². The second kappa shape index (κ2) is 9.33. The smallest absolute Gasteiger partial charge is 0.223 e. The molecule has 3 atom stereocenters. The predicted octanol–water partition coefficient (Wildman–Crippen LogP) is 2.63. The van der Waals surface area contributed by atoms with Gasteiger partial charge >= 0.3 is 0 Å². The van der Waals surface area contributed by atoms with Gasteiger partial charge in [0.25, 0.3) is 0 Å². The molecule has 3 unspecified atom stereocenters. The van der Waals surface area contributed by atoms with Crippen LogP contribution in [0.25, 0.3) is 0 Å². The minimum atomic E-state index is -0.320. The summed E-state index contributed by atoms with van der Waals surface area (Å²) >= 11 is 0. The summed E-state index contributed by atoms with van der Waals surface area (Å²) in [6, 6.07) is 10.6. The van der Waals surface area contributed by atoms with Gasteiger partial charge in [0.2, 0.25) is 5.91 Å². The molecule has 1 aromatic carbocycles. The van der Waals surface area contributed by atoms with Crippen molar-refractivity contribution in [3.63, 3.8) is 0 Å². The number of pyridine rings is 1. The normalized spacial score (nSPS) is 24.0. The number of nitrogens with zero attached hydrogens (tertiary/aromatic N) is 2. The maximum Gasteiger partial charge on any atom is 0.223 e. The number of ether oxygens (including phenoxy) is 1. The van der Waals surface area contributed by atoms with Crippen LogP contribution >= 0.6 is 0 Å². The molecule has 0 bridgehead atoms. The molecule has 0 aliphatic carbocycles. The Bertz CT molecular complexity index is 819. The molecule has 7 heteroatoms. The van der Waals surface area contributed by atoms with E-state index in [-0.39, 0.29) is 23.8 Å². The summed E-state index contributed by atoms with van der Waals surface area (Å²) in [5.41, 5.74) is 7.92. The third-order valence-corrected chi connectivity index (χ3v) is 5.79. The highest BCUT2D eigenvalue weighted by atomic mass is 19.1. The molecule has 2 N–H and O–H groups in total. The molecule has 1 aromatic heterocycles. The highest BCUT2D eigenvalue weighted by molar-refractivity contribution is 5.77.